The Morgan fingerprint density at radius 3 is 3.14 bits per heavy atom. The molecule has 4 nitrogen and oxygen atoms in total. The maximum absolute atomic E-state index is 8.80. The van der Waals surface area contributed by atoms with Crippen molar-refractivity contribution in [2.75, 3.05) is 18.5 Å². The molecule has 0 fully saturated rings. The number of rotatable bonds is 4. The Balaban J connectivity index is 2.55. The van der Waals surface area contributed by atoms with Crippen LogP contribution in [0.1, 0.15) is 12.5 Å². The molecule has 1 aromatic heterocycles. The highest BCUT2D eigenvalue weighted by Crippen LogP contribution is 2.06. The van der Waals surface area contributed by atoms with E-state index in [0.29, 0.717) is 17.9 Å². The summed E-state index contributed by atoms with van der Waals surface area (Å²) in [7, 11) is 0. The van der Waals surface area contributed by atoms with E-state index in [2.05, 4.69) is 10.3 Å². The quantitative estimate of drug-likeness (QED) is 0.744. The zero-order valence-corrected chi connectivity index (χ0v) is 8.07. The second-order valence-corrected chi connectivity index (χ2v) is 3.21. The molecule has 1 unspecified atom stereocenters. The van der Waals surface area contributed by atoms with E-state index in [1.54, 1.807) is 18.3 Å². The fraction of sp³-hybridized carbons (Fsp3) is 0.400. The van der Waals surface area contributed by atoms with Crippen LogP contribution in [0.4, 0.5) is 5.82 Å². The van der Waals surface area contributed by atoms with Crippen LogP contribution in [-0.4, -0.2) is 23.2 Å². The largest absolute Gasteiger partial charge is 0.396 e. The first-order chi connectivity index (χ1) is 6.76. The molecule has 0 spiro atoms. The fourth-order valence-electron chi connectivity index (χ4n) is 0.940. The van der Waals surface area contributed by atoms with E-state index >= 15 is 0 Å². The second kappa shape index (κ2) is 5.20. The molecule has 0 bridgehead atoms. The predicted molar refractivity (Wildman–Crippen MR) is 53.7 cm³/mol. The van der Waals surface area contributed by atoms with E-state index in [4.69, 9.17) is 10.4 Å². The molecule has 0 saturated heterocycles. The molecule has 0 saturated carbocycles. The summed E-state index contributed by atoms with van der Waals surface area (Å²) in [6, 6.07) is 5.38. The molecule has 4 heteroatoms. The first-order valence-corrected chi connectivity index (χ1v) is 4.47. The number of nitriles is 1. The Labute approximate surface area is 83.2 Å². The van der Waals surface area contributed by atoms with Crippen molar-refractivity contribution in [3.05, 3.63) is 23.9 Å². The molecular weight excluding hydrogens is 178 g/mol. The molecule has 14 heavy (non-hydrogen) atoms. The monoisotopic (exact) mass is 191 g/mol. The normalized spacial score (nSPS) is 11.8. The van der Waals surface area contributed by atoms with Gasteiger partial charge in [-0.25, -0.2) is 4.98 Å². The Bertz CT molecular complexity index is 332. The summed E-state index contributed by atoms with van der Waals surface area (Å²) >= 11 is 0. The Morgan fingerprint density at radius 2 is 2.50 bits per heavy atom. The summed E-state index contributed by atoms with van der Waals surface area (Å²) in [5.74, 6) is 0.854. The number of aromatic nitrogens is 1. The van der Waals surface area contributed by atoms with Crippen molar-refractivity contribution < 1.29 is 5.11 Å². The molecule has 0 aromatic carbocycles. The van der Waals surface area contributed by atoms with Crippen molar-refractivity contribution >= 4 is 5.82 Å². The van der Waals surface area contributed by atoms with Crippen molar-refractivity contribution in [2.45, 2.75) is 6.92 Å². The minimum absolute atomic E-state index is 0.144. The zero-order chi connectivity index (χ0) is 10.4. The van der Waals surface area contributed by atoms with E-state index in [-0.39, 0.29) is 12.5 Å². The molecule has 0 radical (unpaired) electrons. The average molecular weight is 191 g/mol. The van der Waals surface area contributed by atoms with Gasteiger partial charge < -0.3 is 10.4 Å². The number of hydrogen-bond donors (Lipinski definition) is 2. The molecule has 1 aromatic rings. The highest BCUT2D eigenvalue weighted by Gasteiger charge is 2.00. The summed E-state index contributed by atoms with van der Waals surface area (Å²) in [6.45, 7) is 2.73. The van der Waals surface area contributed by atoms with Crippen LogP contribution in [0.25, 0.3) is 0 Å². The van der Waals surface area contributed by atoms with Crippen molar-refractivity contribution in [3.63, 3.8) is 0 Å². The molecule has 1 rings (SSSR count). The highest BCUT2D eigenvalue weighted by atomic mass is 16.3. The van der Waals surface area contributed by atoms with E-state index in [1.165, 1.54) is 0 Å². The van der Waals surface area contributed by atoms with Crippen LogP contribution < -0.4 is 5.32 Å². The third kappa shape index (κ3) is 3.04. The summed E-state index contributed by atoms with van der Waals surface area (Å²) in [5.41, 5.74) is 0.583. The van der Waals surface area contributed by atoms with Gasteiger partial charge in [0.25, 0.3) is 0 Å². The van der Waals surface area contributed by atoms with Crippen LogP contribution in [0.5, 0.6) is 0 Å². The Kier molecular flexibility index (Phi) is 3.89. The number of hydrogen-bond acceptors (Lipinski definition) is 4. The van der Waals surface area contributed by atoms with E-state index in [1.807, 2.05) is 13.0 Å². The van der Waals surface area contributed by atoms with Crippen LogP contribution in [0.3, 0.4) is 0 Å². The van der Waals surface area contributed by atoms with Gasteiger partial charge in [0.15, 0.2) is 0 Å². The van der Waals surface area contributed by atoms with Crippen LogP contribution in [-0.2, 0) is 0 Å². The van der Waals surface area contributed by atoms with E-state index < -0.39 is 0 Å². The van der Waals surface area contributed by atoms with Gasteiger partial charge in [0.2, 0.25) is 0 Å². The van der Waals surface area contributed by atoms with E-state index in [9.17, 15) is 0 Å². The molecular formula is C10H13N3O. The lowest BCUT2D eigenvalue weighted by Gasteiger charge is -2.09. The fourth-order valence-corrected chi connectivity index (χ4v) is 0.940. The van der Waals surface area contributed by atoms with Gasteiger partial charge in [0, 0.05) is 19.3 Å². The number of aliphatic hydroxyl groups excluding tert-OH is 1. The van der Waals surface area contributed by atoms with Crippen molar-refractivity contribution in [3.8, 4) is 6.07 Å². The standard InChI is InChI=1S/C10H13N3O/c1-8(7-14)6-13-10-4-9(5-11)2-3-12-10/h2-4,8,14H,6-7H2,1H3,(H,12,13). The van der Waals surface area contributed by atoms with Crippen molar-refractivity contribution in [2.24, 2.45) is 5.92 Å². The summed E-state index contributed by atoms with van der Waals surface area (Å²) in [5, 5.41) is 20.5. The average Bonchev–Trinajstić information content (AvgIpc) is 2.26. The molecule has 0 aliphatic heterocycles. The van der Waals surface area contributed by atoms with Gasteiger partial charge in [-0.2, -0.15) is 5.26 Å². The number of nitrogens with one attached hydrogen (secondary N) is 1. The smallest absolute Gasteiger partial charge is 0.127 e. The lowest BCUT2D eigenvalue weighted by molar-refractivity contribution is 0.244. The van der Waals surface area contributed by atoms with Gasteiger partial charge in [-0.1, -0.05) is 6.92 Å². The molecule has 1 heterocycles. The first kappa shape index (κ1) is 10.5. The number of nitrogens with zero attached hydrogens (tertiary/aromatic N) is 2. The molecule has 2 N–H and O–H groups in total. The maximum Gasteiger partial charge on any atom is 0.127 e. The Morgan fingerprint density at radius 1 is 1.71 bits per heavy atom. The molecule has 1 atom stereocenters. The van der Waals surface area contributed by atoms with Gasteiger partial charge in [-0.3, -0.25) is 0 Å². The minimum Gasteiger partial charge on any atom is -0.396 e. The highest BCUT2D eigenvalue weighted by molar-refractivity contribution is 5.42. The van der Waals surface area contributed by atoms with Crippen LogP contribution in [0.2, 0.25) is 0 Å². The van der Waals surface area contributed by atoms with Crippen molar-refractivity contribution in [1.29, 1.82) is 5.26 Å². The van der Waals surface area contributed by atoms with Gasteiger partial charge >= 0.3 is 0 Å². The van der Waals surface area contributed by atoms with Gasteiger partial charge in [-0.05, 0) is 18.1 Å². The summed E-state index contributed by atoms with van der Waals surface area (Å²) < 4.78 is 0. The third-order valence-corrected chi connectivity index (χ3v) is 1.83. The topological polar surface area (TPSA) is 68.9 Å². The molecule has 74 valence electrons. The number of aliphatic hydroxyl groups is 1. The van der Waals surface area contributed by atoms with Crippen LogP contribution in [0, 0.1) is 17.2 Å². The maximum atomic E-state index is 8.80. The SMILES string of the molecule is CC(CO)CNc1cc(C#N)ccn1. The van der Waals surface area contributed by atoms with Gasteiger partial charge in [-0.15, -0.1) is 0 Å². The van der Waals surface area contributed by atoms with Gasteiger partial charge in [0.05, 0.1) is 11.6 Å². The lowest BCUT2D eigenvalue weighted by Crippen LogP contribution is -2.15. The number of anilines is 1. The van der Waals surface area contributed by atoms with E-state index in [0.717, 1.165) is 0 Å². The second-order valence-electron chi connectivity index (χ2n) is 3.21. The van der Waals surface area contributed by atoms with Crippen molar-refractivity contribution in [1.82, 2.24) is 4.98 Å². The number of pyridine rings is 1. The first-order valence-electron chi connectivity index (χ1n) is 4.47. The molecule has 0 amide bonds. The lowest BCUT2D eigenvalue weighted by atomic mass is 10.2. The Hall–Kier alpha value is -1.60. The zero-order valence-electron chi connectivity index (χ0n) is 8.07. The molecule has 0 aliphatic rings. The predicted octanol–water partition coefficient (Wildman–Crippen LogP) is 0.994. The van der Waals surface area contributed by atoms with Gasteiger partial charge in [0.1, 0.15) is 5.82 Å². The summed E-state index contributed by atoms with van der Waals surface area (Å²) in [6.07, 6.45) is 1.59. The summed E-state index contributed by atoms with van der Waals surface area (Å²) in [4.78, 5) is 4.05. The molecule has 0 aliphatic carbocycles. The minimum atomic E-state index is 0.144. The van der Waals surface area contributed by atoms with Crippen LogP contribution in [0.15, 0.2) is 18.3 Å². The van der Waals surface area contributed by atoms with Crippen LogP contribution >= 0.6 is 0 Å². The third-order valence-electron chi connectivity index (χ3n) is 1.83.